The van der Waals surface area contributed by atoms with Crippen molar-refractivity contribution in [2.24, 2.45) is 15.2 Å². The number of thioether (sulfide) groups is 1. The van der Waals surface area contributed by atoms with Gasteiger partial charge in [0.2, 0.25) is 5.17 Å². The van der Waals surface area contributed by atoms with Gasteiger partial charge in [-0.25, -0.2) is 9.38 Å². The molecule has 0 N–H and O–H groups in total. The molecule has 0 aliphatic rings. The highest BCUT2D eigenvalue weighted by molar-refractivity contribution is 8.13. The van der Waals surface area contributed by atoms with Crippen LogP contribution in [0, 0.1) is 5.82 Å². The summed E-state index contributed by atoms with van der Waals surface area (Å²) >= 11 is 7.20. The van der Waals surface area contributed by atoms with Crippen LogP contribution >= 0.6 is 23.4 Å². The van der Waals surface area contributed by atoms with Crippen LogP contribution in [0.25, 0.3) is 0 Å². The van der Waals surface area contributed by atoms with Gasteiger partial charge in [0.05, 0.1) is 17.6 Å². The van der Waals surface area contributed by atoms with Gasteiger partial charge in [-0.3, -0.25) is 0 Å². The lowest BCUT2D eigenvalue weighted by atomic mass is 10.2. The predicted molar refractivity (Wildman–Crippen MR) is 82.1 cm³/mol. The first-order chi connectivity index (χ1) is 9.04. The summed E-state index contributed by atoms with van der Waals surface area (Å²) in [5.74, 6) is -0.436. The number of halogens is 2. The van der Waals surface area contributed by atoms with Crippen LogP contribution in [-0.2, 0) is 0 Å². The lowest BCUT2D eigenvalue weighted by Gasteiger charge is -2.01. The van der Waals surface area contributed by atoms with E-state index in [2.05, 4.69) is 15.2 Å². The van der Waals surface area contributed by atoms with Gasteiger partial charge in [-0.15, -0.1) is 5.10 Å². The van der Waals surface area contributed by atoms with Crippen LogP contribution in [0.1, 0.15) is 5.56 Å². The molecule has 0 saturated carbocycles. The zero-order valence-electron chi connectivity index (χ0n) is 10.8. The first-order valence-electron chi connectivity index (χ1n) is 5.34. The van der Waals surface area contributed by atoms with Gasteiger partial charge in [0.25, 0.3) is 0 Å². The van der Waals surface area contributed by atoms with Crippen molar-refractivity contribution in [3.8, 4) is 0 Å². The maximum atomic E-state index is 13.4. The Balaban J connectivity index is 2.86. The van der Waals surface area contributed by atoms with Crippen LogP contribution in [0.4, 0.5) is 4.39 Å². The summed E-state index contributed by atoms with van der Waals surface area (Å²) in [6.07, 6.45) is 4.72. The highest BCUT2D eigenvalue weighted by Crippen LogP contribution is 2.16. The van der Waals surface area contributed by atoms with Gasteiger partial charge < -0.3 is 4.90 Å². The molecule has 0 unspecified atom stereocenters. The van der Waals surface area contributed by atoms with Gasteiger partial charge in [0, 0.05) is 19.7 Å². The molecule has 4 nitrogen and oxygen atoms in total. The first-order valence-corrected chi connectivity index (χ1v) is 6.94. The van der Waals surface area contributed by atoms with E-state index in [0.29, 0.717) is 10.2 Å². The van der Waals surface area contributed by atoms with Gasteiger partial charge in [-0.05, 0) is 18.4 Å². The molecular weight excluding hydrogens is 287 g/mol. The third-order valence-corrected chi connectivity index (χ3v) is 2.79. The second-order valence-corrected chi connectivity index (χ2v) is 4.86. The molecule has 0 fully saturated rings. The lowest BCUT2D eigenvalue weighted by molar-refractivity contribution is 0.626. The molecule has 0 heterocycles. The standard InChI is InChI=1S/C12H14ClFN4S/c1-18(2)8-15-12(19-3)17-16-7-9-10(13)5-4-6-11(9)14/h4-8H,1-3H3/b15-8+,16-7+,17-12+. The van der Waals surface area contributed by atoms with E-state index in [9.17, 15) is 4.39 Å². The highest BCUT2D eigenvalue weighted by atomic mass is 35.5. The second kappa shape index (κ2) is 7.91. The number of amidine groups is 1. The summed E-state index contributed by atoms with van der Waals surface area (Å²) in [6, 6.07) is 4.44. The number of nitrogens with zero attached hydrogens (tertiary/aromatic N) is 4. The maximum Gasteiger partial charge on any atom is 0.210 e. The van der Waals surface area contributed by atoms with Crippen molar-refractivity contribution in [3.05, 3.63) is 34.6 Å². The maximum absolute atomic E-state index is 13.4. The van der Waals surface area contributed by atoms with Crippen LogP contribution in [0.2, 0.25) is 5.02 Å². The van der Waals surface area contributed by atoms with E-state index in [-0.39, 0.29) is 5.56 Å². The molecule has 0 amide bonds. The Hall–Kier alpha value is -1.40. The van der Waals surface area contributed by atoms with Crippen LogP contribution in [-0.4, -0.2) is 43.0 Å². The minimum absolute atomic E-state index is 0.213. The molecule has 0 saturated heterocycles. The monoisotopic (exact) mass is 300 g/mol. The van der Waals surface area contributed by atoms with Crippen molar-refractivity contribution in [3.63, 3.8) is 0 Å². The van der Waals surface area contributed by atoms with Crippen molar-refractivity contribution in [2.45, 2.75) is 0 Å². The zero-order valence-corrected chi connectivity index (χ0v) is 12.4. The summed E-state index contributed by atoms with van der Waals surface area (Å²) in [4.78, 5) is 5.87. The summed E-state index contributed by atoms with van der Waals surface area (Å²) in [5.41, 5.74) is 0.213. The Bertz CT molecular complexity index is 494. The van der Waals surface area contributed by atoms with Gasteiger partial charge in [-0.2, -0.15) is 5.10 Å². The highest BCUT2D eigenvalue weighted by Gasteiger charge is 2.03. The minimum Gasteiger partial charge on any atom is -0.369 e. The number of aliphatic imine (C=N–C) groups is 1. The molecule has 0 spiro atoms. The van der Waals surface area contributed by atoms with E-state index < -0.39 is 5.82 Å². The summed E-state index contributed by atoms with van der Waals surface area (Å²) < 4.78 is 13.4. The Morgan fingerprint density at radius 1 is 1.42 bits per heavy atom. The van der Waals surface area contributed by atoms with E-state index in [0.717, 1.165) is 0 Å². The van der Waals surface area contributed by atoms with Crippen LogP contribution in [0.3, 0.4) is 0 Å². The van der Waals surface area contributed by atoms with E-state index in [1.54, 1.807) is 17.3 Å². The average Bonchev–Trinajstić information content (AvgIpc) is 2.36. The van der Waals surface area contributed by atoms with Gasteiger partial charge >= 0.3 is 0 Å². The van der Waals surface area contributed by atoms with E-state index >= 15 is 0 Å². The van der Waals surface area contributed by atoms with Crippen molar-refractivity contribution < 1.29 is 4.39 Å². The summed E-state index contributed by atoms with van der Waals surface area (Å²) in [7, 11) is 3.70. The van der Waals surface area contributed by atoms with Crippen molar-refractivity contribution in [1.29, 1.82) is 0 Å². The normalized spacial score (nSPS) is 12.6. The second-order valence-electron chi connectivity index (χ2n) is 3.67. The molecule has 7 heteroatoms. The number of rotatable bonds is 3. The third-order valence-electron chi connectivity index (χ3n) is 1.91. The number of benzene rings is 1. The zero-order chi connectivity index (χ0) is 14.3. The molecule has 0 radical (unpaired) electrons. The topological polar surface area (TPSA) is 40.3 Å². The average molecular weight is 301 g/mol. The van der Waals surface area contributed by atoms with E-state index in [1.807, 2.05) is 20.4 Å². The molecular formula is C12H14ClFN4S. The van der Waals surface area contributed by atoms with Crippen molar-refractivity contribution in [1.82, 2.24) is 4.90 Å². The van der Waals surface area contributed by atoms with Crippen LogP contribution in [0.15, 0.2) is 33.4 Å². The largest absolute Gasteiger partial charge is 0.369 e. The molecule has 1 aromatic carbocycles. The fourth-order valence-electron chi connectivity index (χ4n) is 1.05. The van der Waals surface area contributed by atoms with Crippen molar-refractivity contribution in [2.75, 3.05) is 20.4 Å². The Kier molecular flexibility index (Phi) is 6.52. The van der Waals surface area contributed by atoms with Crippen molar-refractivity contribution >= 4 is 41.1 Å². The lowest BCUT2D eigenvalue weighted by Crippen LogP contribution is -2.08. The molecule has 0 bridgehead atoms. The smallest absolute Gasteiger partial charge is 0.210 e. The molecule has 0 aliphatic carbocycles. The van der Waals surface area contributed by atoms with E-state index in [1.165, 1.54) is 30.1 Å². The van der Waals surface area contributed by atoms with Crippen LogP contribution in [0.5, 0.6) is 0 Å². The summed E-state index contributed by atoms with van der Waals surface area (Å²) in [6.45, 7) is 0. The first kappa shape index (κ1) is 15.7. The molecule has 1 rings (SSSR count). The molecule has 0 aromatic heterocycles. The molecule has 0 aliphatic heterocycles. The Morgan fingerprint density at radius 3 is 2.74 bits per heavy atom. The van der Waals surface area contributed by atoms with E-state index in [4.69, 9.17) is 11.6 Å². The molecule has 102 valence electrons. The van der Waals surface area contributed by atoms with Crippen LogP contribution < -0.4 is 0 Å². The number of hydrogen-bond acceptors (Lipinski definition) is 3. The molecule has 19 heavy (non-hydrogen) atoms. The Morgan fingerprint density at radius 2 is 2.16 bits per heavy atom. The van der Waals surface area contributed by atoms with Gasteiger partial charge in [-0.1, -0.05) is 29.4 Å². The quantitative estimate of drug-likeness (QED) is 0.489. The Labute approximate surface area is 121 Å². The summed E-state index contributed by atoms with van der Waals surface area (Å²) in [5, 5.41) is 8.45. The number of hydrogen-bond donors (Lipinski definition) is 0. The molecule has 1 aromatic rings. The van der Waals surface area contributed by atoms with Gasteiger partial charge in [0.15, 0.2) is 0 Å². The predicted octanol–water partition coefficient (Wildman–Crippen LogP) is 3.12. The third kappa shape index (κ3) is 5.40. The fraction of sp³-hybridized carbons (Fsp3) is 0.250. The SMILES string of the molecule is CSC(/N=C/N(C)C)=N/N=C/c1c(F)cccc1Cl. The fourth-order valence-corrected chi connectivity index (χ4v) is 1.55. The van der Waals surface area contributed by atoms with Gasteiger partial charge in [0.1, 0.15) is 5.82 Å². The molecule has 0 atom stereocenters. The minimum atomic E-state index is -0.436.